The van der Waals surface area contributed by atoms with Crippen LogP contribution < -0.4 is 0 Å². The van der Waals surface area contributed by atoms with E-state index in [4.69, 9.17) is 9.31 Å². The molecule has 0 N–H and O–H groups in total. The molecule has 1 saturated heterocycles. The number of halogens is 4. The molecule has 1 fully saturated rings. The van der Waals surface area contributed by atoms with Gasteiger partial charge >= 0.3 is 13.3 Å². The highest BCUT2D eigenvalue weighted by Crippen LogP contribution is 2.38. The molecule has 0 radical (unpaired) electrons. The number of alkyl halides is 3. The normalized spacial score (nSPS) is 24.2. The molecule has 2 nitrogen and oxygen atoms in total. The maximum atomic E-state index is 12.6. The molecule has 0 bridgehead atoms. The van der Waals surface area contributed by atoms with E-state index in [1.807, 2.05) is 0 Å². The maximum absolute atomic E-state index is 12.6. The zero-order valence-electron chi connectivity index (χ0n) is 10.2. The predicted molar refractivity (Wildman–Crippen MR) is 56.1 cm³/mol. The molecule has 98 valence electrons. The summed E-state index contributed by atoms with van der Waals surface area (Å²) >= 11 is 0. The van der Waals surface area contributed by atoms with E-state index in [-0.39, 0.29) is 6.32 Å². The molecule has 1 aliphatic heterocycles. The SMILES string of the molecule is CC1(C)OB(C/C=C(\F)C(F)(F)F)OC1(C)C. The second-order valence-electron chi connectivity index (χ2n) is 4.97. The van der Waals surface area contributed by atoms with Gasteiger partial charge in [0.1, 0.15) is 0 Å². The standard InChI is InChI=1S/C10H15BF4O2/c1-8(2)9(3,4)17-11(16-8)6-5-7(12)10(13,14)15/h5H,6H2,1-4H3/b7-5-. The predicted octanol–water partition coefficient (Wildman–Crippen LogP) is 3.49. The van der Waals surface area contributed by atoms with Crippen molar-refractivity contribution in [3.05, 3.63) is 11.9 Å². The second kappa shape index (κ2) is 4.28. The Bertz CT molecular complexity index is 307. The van der Waals surface area contributed by atoms with Gasteiger partial charge in [-0.3, -0.25) is 0 Å². The fourth-order valence-corrected chi connectivity index (χ4v) is 1.38. The summed E-state index contributed by atoms with van der Waals surface area (Å²) in [5.41, 5.74) is -1.25. The van der Waals surface area contributed by atoms with E-state index in [0.717, 1.165) is 0 Å². The van der Waals surface area contributed by atoms with Gasteiger partial charge in [0.05, 0.1) is 11.2 Å². The molecule has 17 heavy (non-hydrogen) atoms. The highest BCUT2D eigenvalue weighted by atomic mass is 19.4. The molecule has 0 amide bonds. The van der Waals surface area contributed by atoms with Gasteiger partial charge in [-0.1, -0.05) is 0 Å². The molecule has 0 aromatic rings. The molecule has 0 spiro atoms. The molecule has 0 saturated carbocycles. The van der Waals surface area contributed by atoms with Gasteiger partial charge in [-0.25, -0.2) is 4.39 Å². The first-order valence-electron chi connectivity index (χ1n) is 5.24. The number of hydrogen-bond donors (Lipinski definition) is 0. The Balaban J connectivity index is 2.64. The molecule has 1 heterocycles. The van der Waals surface area contributed by atoms with Gasteiger partial charge in [-0.05, 0) is 33.8 Å². The fourth-order valence-electron chi connectivity index (χ4n) is 1.38. The van der Waals surface area contributed by atoms with Gasteiger partial charge in [0.2, 0.25) is 0 Å². The van der Waals surface area contributed by atoms with Crippen LogP contribution in [0, 0.1) is 0 Å². The first-order valence-corrected chi connectivity index (χ1v) is 5.24. The second-order valence-corrected chi connectivity index (χ2v) is 4.97. The van der Waals surface area contributed by atoms with Gasteiger partial charge in [0, 0.05) is 6.32 Å². The van der Waals surface area contributed by atoms with E-state index in [9.17, 15) is 17.6 Å². The highest BCUT2D eigenvalue weighted by molar-refractivity contribution is 6.46. The summed E-state index contributed by atoms with van der Waals surface area (Å²) in [5.74, 6) is -2.12. The number of hydrogen-bond acceptors (Lipinski definition) is 2. The Morgan fingerprint density at radius 1 is 1.12 bits per heavy atom. The Hall–Kier alpha value is -0.555. The van der Waals surface area contributed by atoms with Crippen molar-refractivity contribution in [1.82, 2.24) is 0 Å². The summed E-state index contributed by atoms with van der Waals surface area (Å²) < 4.78 is 59.1. The van der Waals surface area contributed by atoms with Crippen LogP contribution in [0.3, 0.4) is 0 Å². The van der Waals surface area contributed by atoms with Gasteiger partial charge in [-0.15, -0.1) is 0 Å². The molecule has 0 aromatic heterocycles. The first kappa shape index (κ1) is 14.5. The van der Waals surface area contributed by atoms with Crippen molar-refractivity contribution >= 4 is 7.12 Å². The third kappa shape index (κ3) is 3.22. The van der Waals surface area contributed by atoms with Crippen molar-refractivity contribution in [2.24, 2.45) is 0 Å². The monoisotopic (exact) mass is 254 g/mol. The van der Waals surface area contributed by atoms with Crippen LogP contribution in [-0.4, -0.2) is 24.5 Å². The molecule has 1 aliphatic rings. The van der Waals surface area contributed by atoms with E-state index >= 15 is 0 Å². The summed E-state index contributed by atoms with van der Waals surface area (Å²) in [6.07, 6.45) is -4.76. The topological polar surface area (TPSA) is 18.5 Å². The lowest BCUT2D eigenvalue weighted by Gasteiger charge is -2.32. The van der Waals surface area contributed by atoms with Crippen molar-refractivity contribution < 1.29 is 26.9 Å². The van der Waals surface area contributed by atoms with Gasteiger partial charge in [-0.2, -0.15) is 13.2 Å². The van der Waals surface area contributed by atoms with Gasteiger partial charge in [0.25, 0.3) is 0 Å². The van der Waals surface area contributed by atoms with Crippen molar-refractivity contribution in [2.75, 3.05) is 0 Å². The fraction of sp³-hybridized carbons (Fsp3) is 0.800. The minimum atomic E-state index is -4.94. The Labute approximate surface area is 98.1 Å². The van der Waals surface area contributed by atoms with Crippen LogP contribution in [0.1, 0.15) is 27.7 Å². The third-order valence-corrected chi connectivity index (χ3v) is 3.06. The van der Waals surface area contributed by atoms with Crippen molar-refractivity contribution in [3.8, 4) is 0 Å². The van der Waals surface area contributed by atoms with Crippen molar-refractivity contribution in [1.29, 1.82) is 0 Å². The lowest BCUT2D eigenvalue weighted by atomic mass is 9.85. The molecule has 0 unspecified atom stereocenters. The minimum absolute atomic E-state index is 0.266. The third-order valence-electron chi connectivity index (χ3n) is 3.06. The quantitative estimate of drug-likeness (QED) is 0.554. The zero-order chi connectivity index (χ0) is 13.5. The molecular weight excluding hydrogens is 239 g/mol. The first-order chi connectivity index (χ1) is 7.46. The largest absolute Gasteiger partial charge is 0.461 e. The minimum Gasteiger partial charge on any atom is -0.403 e. The molecule has 0 aromatic carbocycles. The maximum Gasteiger partial charge on any atom is 0.461 e. The van der Waals surface area contributed by atoms with Crippen LogP contribution in [0.25, 0.3) is 0 Å². The lowest BCUT2D eigenvalue weighted by molar-refractivity contribution is -0.108. The Kier molecular flexibility index (Phi) is 3.65. The summed E-state index contributed by atoms with van der Waals surface area (Å²) in [6.45, 7) is 7.10. The van der Waals surface area contributed by atoms with Crippen molar-refractivity contribution in [3.63, 3.8) is 0 Å². The van der Waals surface area contributed by atoms with Crippen LogP contribution in [0.15, 0.2) is 11.9 Å². The van der Waals surface area contributed by atoms with E-state index in [1.165, 1.54) is 0 Å². The van der Waals surface area contributed by atoms with E-state index in [0.29, 0.717) is 6.08 Å². The molecule has 7 heteroatoms. The molecule has 1 rings (SSSR count). The van der Waals surface area contributed by atoms with Crippen LogP contribution in [0.4, 0.5) is 17.6 Å². The molecule has 0 aliphatic carbocycles. The zero-order valence-corrected chi connectivity index (χ0v) is 10.2. The van der Waals surface area contributed by atoms with Gasteiger partial charge in [0.15, 0.2) is 5.83 Å². The summed E-state index contributed by atoms with van der Waals surface area (Å²) in [5, 5.41) is 0. The van der Waals surface area contributed by atoms with Crippen LogP contribution in [0.2, 0.25) is 6.32 Å². The van der Waals surface area contributed by atoms with Gasteiger partial charge < -0.3 is 9.31 Å². The summed E-state index contributed by atoms with van der Waals surface area (Å²) in [4.78, 5) is 0. The van der Waals surface area contributed by atoms with Crippen molar-refractivity contribution in [2.45, 2.75) is 51.4 Å². The van der Waals surface area contributed by atoms with E-state index < -0.39 is 30.3 Å². The average Bonchev–Trinajstić information content (AvgIpc) is 2.30. The Morgan fingerprint density at radius 2 is 1.53 bits per heavy atom. The van der Waals surface area contributed by atoms with E-state index in [1.54, 1.807) is 27.7 Å². The summed E-state index contributed by atoms with van der Waals surface area (Å²) in [7, 11) is -0.854. The number of allylic oxidation sites excluding steroid dienone is 2. The summed E-state index contributed by atoms with van der Waals surface area (Å²) in [6, 6.07) is 0. The molecule has 0 atom stereocenters. The highest BCUT2D eigenvalue weighted by Gasteiger charge is 2.50. The Morgan fingerprint density at radius 3 is 1.88 bits per heavy atom. The molecular formula is C10H15BF4O2. The van der Waals surface area contributed by atoms with E-state index in [2.05, 4.69) is 0 Å². The van der Waals surface area contributed by atoms with Crippen LogP contribution in [-0.2, 0) is 9.31 Å². The average molecular weight is 254 g/mol. The lowest BCUT2D eigenvalue weighted by Crippen LogP contribution is -2.41. The van der Waals surface area contributed by atoms with Crippen LogP contribution in [0.5, 0.6) is 0 Å². The number of rotatable bonds is 2. The van der Waals surface area contributed by atoms with Crippen LogP contribution >= 0.6 is 0 Å². The smallest absolute Gasteiger partial charge is 0.403 e.